The van der Waals surface area contributed by atoms with Crippen molar-refractivity contribution in [2.45, 2.75) is 0 Å². The summed E-state index contributed by atoms with van der Waals surface area (Å²) in [5.74, 6) is 0. The third-order valence-electron chi connectivity index (χ3n) is 0. The van der Waals surface area contributed by atoms with E-state index in [0.29, 0.717) is 0 Å². The average molecular weight is 333 g/mol. The molecule has 0 nitrogen and oxygen atoms in total. The number of hydrogen-bond acceptors (Lipinski definition) is 0. The minimum atomic E-state index is 0. The second-order valence-electron chi connectivity index (χ2n) is 0. The van der Waals surface area contributed by atoms with E-state index in [9.17, 15) is 0 Å². The first-order valence-corrected chi connectivity index (χ1v) is 0. The SMILES string of the molecule is [Ag].[Cu].[Mo].[Zn]. The Morgan fingerprint density at radius 3 is 1.00 bits per heavy atom. The molecule has 0 aliphatic heterocycles. The van der Waals surface area contributed by atoms with Crippen molar-refractivity contribution >= 4 is 0 Å². The molecule has 0 aromatic heterocycles. The first-order chi connectivity index (χ1) is 0. The Morgan fingerprint density at radius 2 is 1.00 bits per heavy atom. The normalized spacial score (nSPS) is 0. The number of hydrogen-bond donors (Lipinski definition) is 0. The zero-order valence-electron chi connectivity index (χ0n) is 1.72. The van der Waals surface area contributed by atoms with Crippen LogP contribution in [-0.4, -0.2) is 0 Å². The predicted molar refractivity (Wildman–Crippen MR) is 0 cm³/mol. The molecule has 30 valence electrons. The first kappa shape index (κ1) is 30.8. The molecule has 0 heterocycles. The van der Waals surface area contributed by atoms with Gasteiger partial charge in [-0.25, -0.2) is 0 Å². The van der Waals surface area contributed by atoms with Crippen LogP contribution >= 0.6 is 0 Å². The van der Waals surface area contributed by atoms with Crippen LogP contribution < -0.4 is 0 Å². The third kappa shape index (κ3) is 8.82. The van der Waals surface area contributed by atoms with E-state index in [4.69, 9.17) is 0 Å². The van der Waals surface area contributed by atoms with Gasteiger partial charge in [-0.15, -0.1) is 0 Å². The molecule has 2 radical (unpaired) electrons. The largest absolute Gasteiger partial charge is 0 e. The molecule has 0 atom stereocenters. The van der Waals surface area contributed by atoms with Crippen LogP contribution in [0.25, 0.3) is 0 Å². The van der Waals surface area contributed by atoms with E-state index in [2.05, 4.69) is 0 Å². The van der Waals surface area contributed by atoms with E-state index in [-0.39, 0.29) is 80.0 Å². The Hall–Kier alpha value is 2.57. The van der Waals surface area contributed by atoms with Crippen LogP contribution in [0.3, 0.4) is 0 Å². The molecule has 0 N–H and O–H groups in total. The van der Waals surface area contributed by atoms with Gasteiger partial charge in [-0.2, -0.15) is 0 Å². The third-order valence-corrected chi connectivity index (χ3v) is 0. The van der Waals surface area contributed by atoms with Gasteiger partial charge >= 0.3 is 0 Å². The topological polar surface area (TPSA) is 0 Å². The maximum Gasteiger partial charge on any atom is 0 e. The van der Waals surface area contributed by atoms with Gasteiger partial charge in [-0.1, -0.05) is 0 Å². The fraction of sp³-hybridized carbons (Fsp3) is 0. The quantitative estimate of drug-likeness (QED) is 0.548. The Labute approximate surface area is 78.9 Å². The summed E-state index contributed by atoms with van der Waals surface area (Å²) in [5.41, 5.74) is 0. The van der Waals surface area contributed by atoms with Gasteiger partial charge in [0.1, 0.15) is 0 Å². The molecule has 0 saturated heterocycles. The zero-order valence-corrected chi connectivity index (χ0v) is 9.12. The standard InChI is InChI=1S/Ag.Cu.Mo.Zn. The van der Waals surface area contributed by atoms with Crippen molar-refractivity contribution in [2.75, 3.05) is 0 Å². The fourth-order valence-electron chi connectivity index (χ4n) is 0. The average Bonchev–Trinajstić information content (AvgIpc) is 0. The molecule has 0 aliphatic rings. The second-order valence-corrected chi connectivity index (χ2v) is 0. The Bertz CT molecular complexity index is 8.00. The van der Waals surface area contributed by atoms with Crippen LogP contribution in [-0.2, 0) is 80.0 Å². The van der Waals surface area contributed by atoms with Gasteiger partial charge in [0.05, 0.1) is 0 Å². The maximum atomic E-state index is 0. The van der Waals surface area contributed by atoms with Crippen LogP contribution in [0.2, 0.25) is 0 Å². The molecule has 4 heavy (non-hydrogen) atoms. The van der Waals surface area contributed by atoms with Crippen molar-refractivity contribution in [3.63, 3.8) is 0 Å². The molecule has 0 bridgehead atoms. The summed E-state index contributed by atoms with van der Waals surface area (Å²) in [6.45, 7) is 0. The summed E-state index contributed by atoms with van der Waals surface area (Å²) in [6.07, 6.45) is 0. The predicted octanol–water partition coefficient (Wildman–Crippen LogP) is -0.0100. The van der Waals surface area contributed by atoms with Gasteiger partial charge in [0.15, 0.2) is 0 Å². The molecule has 0 rings (SSSR count). The summed E-state index contributed by atoms with van der Waals surface area (Å²) in [5, 5.41) is 0. The molecule has 4 heteroatoms. The van der Waals surface area contributed by atoms with Gasteiger partial charge in [0.2, 0.25) is 0 Å². The summed E-state index contributed by atoms with van der Waals surface area (Å²) in [6, 6.07) is 0. The van der Waals surface area contributed by atoms with E-state index in [1.54, 1.807) is 0 Å². The van der Waals surface area contributed by atoms with Gasteiger partial charge in [-0.05, 0) is 0 Å². The summed E-state index contributed by atoms with van der Waals surface area (Å²) in [7, 11) is 0. The van der Waals surface area contributed by atoms with Crippen LogP contribution in [0.5, 0.6) is 0 Å². The maximum absolute atomic E-state index is 0. The van der Waals surface area contributed by atoms with Crippen molar-refractivity contribution in [2.24, 2.45) is 0 Å². The molecule has 0 aliphatic carbocycles. The van der Waals surface area contributed by atoms with Crippen molar-refractivity contribution < 1.29 is 80.0 Å². The van der Waals surface area contributed by atoms with Crippen LogP contribution in [0.15, 0.2) is 0 Å². The zero-order chi connectivity index (χ0) is 0. The molecular weight excluding hydrogens is 333 g/mol. The second kappa shape index (κ2) is 17.6. The van der Waals surface area contributed by atoms with E-state index < -0.39 is 0 Å². The Balaban J connectivity index is 0. The first-order valence-electron chi connectivity index (χ1n) is 0. The van der Waals surface area contributed by atoms with Crippen molar-refractivity contribution in [1.82, 2.24) is 0 Å². The fourth-order valence-corrected chi connectivity index (χ4v) is 0. The van der Waals surface area contributed by atoms with E-state index in [0.717, 1.165) is 0 Å². The molecule has 0 aromatic rings. The molecule has 0 saturated carbocycles. The molecule has 0 aromatic carbocycles. The van der Waals surface area contributed by atoms with Crippen molar-refractivity contribution in [3.8, 4) is 0 Å². The van der Waals surface area contributed by atoms with Crippen molar-refractivity contribution in [3.05, 3.63) is 0 Å². The number of rotatable bonds is 0. The minimum absolute atomic E-state index is 0. The Morgan fingerprint density at radius 1 is 1.00 bits per heavy atom. The smallest absolute Gasteiger partial charge is 0 e. The van der Waals surface area contributed by atoms with Crippen LogP contribution in [0.1, 0.15) is 0 Å². The molecule has 0 spiro atoms. The van der Waals surface area contributed by atoms with E-state index in [1.807, 2.05) is 0 Å². The van der Waals surface area contributed by atoms with Gasteiger partial charge in [0, 0.05) is 80.0 Å². The molecule has 0 amide bonds. The molecule has 0 unspecified atom stereocenters. The minimum Gasteiger partial charge on any atom is 0 e. The van der Waals surface area contributed by atoms with E-state index in [1.165, 1.54) is 0 Å². The molecule has 0 fully saturated rings. The van der Waals surface area contributed by atoms with Gasteiger partial charge in [0.25, 0.3) is 0 Å². The summed E-state index contributed by atoms with van der Waals surface area (Å²) >= 11 is 0. The van der Waals surface area contributed by atoms with Crippen LogP contribution in [0, 0.1) is 0 Å². The van der Waals surface area contributed by atoms with Crippen molar-refractivity contribution in [1.29, 1.82) is 0 Å². The van der Waals surface area contributed by atoms with Gasteiger partial charge < -0.3 is 0 Å². The Kier molecular flexibility index (Phi) is 136. The van der Waals surface area contributed by atoms with E-state index >= 15 is 0 Å². The van der Waals surface area contributed by atoms with Crippen LogP contribution in [0.4, 0.5) is 0 Å². The van der Waals surface area contributed by atoms with Gasteiger partial charge in [-0.3, -0.25) is 0 Å². The monoisotopic (exact) mass is 332 g/mol. The molecular formula is AgCuMoZn. The summed E-state index contributed by atoms with van der Waals surface area (Å²) < 4.78 is 0. The summed E-state index contributed by atoms with van der Waals surface area (Å²) in [4.78, 5) is 0.